The smallest absolute Gasteiger partial charge is 0.114 e. The molecule has 0 aliphatic rings. The van der Waals surface area contributed by atoms with Gasteiger partial charge in [-0.1, -0.05) is 18.2 Å². The summed E-state index contributed by atoms with van der Waals surface area (Å²) in [4.78, 5) is 0. The van der Waals surface area contributed by atoms with Crippen molar-refractivity contribution >= 4 is 0 Å². The Morgan fingerprint density at radius 1 is 1.20 bits per heavy atom. The van der Waals surface area contributed by atoms with Crippen molar-refractivity contribution in [2.75, 3.05) is 0 Å². The zero-order chi connectivity index (χ0) is 8.15. The largest absolute Gasteiger partial charge is 0.508 e. The van der Waals surface area contributed by atoms with Gasteiger partial charge >= 0.3 is 0 Å². The molecule has 56 valence electrons. The van der Waals surface area contributed by atoms with Gasteiger partial charge in [0.2, 0.25) is 0 Å². The fourth-order valence-corrected chi connectivity index (χ4v) is 0.388. The molecule has 0 aromatic rings. The van der Waals surface area contributed by atoms with Crippen molar-refractivity contribution in [2.45, 2.75) is 20.8 Å². The highest BCUT2D eigenvalue weighted by molar-refractivity contribution is 5.22. The molecule has 0 rings (SSSR count). The number of rotatable bonds is 2. The van der Waals surface area contributed by atoms with E-state index in [0.29, 0.717) is 5.76 Å². The summed E-state index contributed by atoms with van der Waals surface area (Å²) >= 11 is 0. The lowest BCUT2D eigenvalue weighted by Crippen LogP contribution is -1.77. The fourth-order valence-electron chi connectivity index (χ4n) is 0.388. The maximum absolute atomic E-state index is 9.13. The molecule has 0 unspecified atom stereocenters. The van der Waals surface area contributed by atoms with E-state index in [4.69, 9.17) is 5.11 Å². The molecular weight excluding hydrogens is 124 g/mol. The Labute approximate surface area is 62.4 Å². The van der Waals surface area contributed by atoms with Crippen LogP contribution in [0.3, 0.4) is 0 Å². The lowest BCUT2D eigenvalue weighted by Gasteiger charge is -1.92. The summed E-state index contributed by atoms with van der Waals surface area (Å²) in [7, 11) is 0. The second kappa shape index (κ2) is 3.94. The van der Waals surface area contributed by atoms with E-state index in [0.717, 1.165) is 11.1 Å². The molecule has 0 fully saturated rings. The van der Waals surface area contributed by atoms with Crippen molar-refractivity contribution in [2.24, 2.45) is 0 Å². The van der Waals surface area contributed by atoms with Gasteiger partial charge in [-0.15, -0.1) is 0 Å². The molecule has 0 aromatic carbocycles. The van der Waals surface area contributed by atoms with E-state index in [-0.39, 0.29) is 0 Å². The molecule has 0 aliphatic heterocycles. The molecule has 0 atom stereocenters. The maximum atomic E-state index is 9.13. The van der Waals surface area contributed by atoms with Gasteiger partial charge in [-0.3, -0.25) is 0 Å². The van der Waals surface area contributed by atoms with E-state index in [1.807, 2.05) is 20.8 Å². The van der Waals surface area contributed by atoms with E-state index < -0.39 is 0 Å². The van der Waals surface area contributed by atoms with Crippen LogP contribution in [-0.4, -0.2) is 5.11 Å². The minimum Gasteiger partial charge on any atom is -0.508 e. The predicted octanol–water partition coefficient (Wildman–Crippen LogP) is 2.97. The van der Waals surface area contributed by atoms with Crippen LogP contribution >= 0.6 is 0 Å². The SMILES string of the molecule is C=C(C)/C=C\C(O)=C(C)C. The molecule has 0 spiro atoms. The third-order valence-corrected chi connectivity index (χ3v) is 1.04. The van der Waals surface area contributed by atoms with E-state index in [9.17, 15) is 0 Å². The molecule has 0 aromatic heterocycles. The third-order valence-electron chi connectivity index (χ3n) is 1.04. The average Bonchev–Trinajstić information content (AvgIpc) is 1.82. The number of aliphatic hydroxyl groups is 1. The second-order valence-electron chi connectivity index (χ2n) is 2.56. The van der Waals surface area contributed by atoms with E-state index in [2.05, 4.69) is 6.58 Å². The van der Waals surface area contributed by atoms with Gasteiger partial charge in [0.1, 0.15) is 5.76 Å². The predicted molar refractivity (Wildman–Crippen MR) is 45.0 cm³/mol. The molecule has 0 saturated heterocycles. The first-order valence-electron chi connectivity index (χ1n) is 3.24. The van der Waals surface area contributed by atoms with E-state index in [1.165, 1.54) is 0 Å². The van der Waals surface area contributed by atoms with Crippen molar-refractivity contribution in [3.63, 3.8) is 0 Å². The van der Waals surface area contributed by atoms with E-state index in [1.54, 1.807) is 12.2 Å². The first kappa shape index (κ1) is 9.02. The van der Waals surface area contributed by atoms with Gasteiger partial charge in [0.25, 0.3) is 0 Å². The van der Waals surface area contributed by atoms with Gasteiger partial charge in [-0.05, 0) is 32.4 Å². The molecule has 1 N–H and O–H groups in total. The quantitative estimate of drug-likeness (QED) is 0.459. The molecule has 0 bridgehead atoms. The van der Waals surface area contributed by atoms with Crippen LogP contribution in [0.25, 0.3) is 0 Å². The lowest BCUT2D eigenvalue weighted by atomic mass is 10.2. The number of hydrogen-bond acceptors (Lipinski definition) is 1. The highest BCUT2D eigenvalue weighted by Gasteiger charge is 1.86. The van der Waals surface area contributed by atoms with Crippen LogP contribution in [0, 0.1) is 0 Å². The second-order valence-corrected chi connectivity index (χ2v) is 2.56. The highest BCUT2D eigenvalue weighted by Crippen LogP contribution is 2.01. The first-order valence-corrected chi connectivity index (χ1v) is 3.24. The molecule has 0 saturated carbocycles. The standard InChI is InChI=1S/C9H14O/c1-7(2)5-6-9(10)8(3)4/h5-6,10H,1H2,2-4H3/b6-5-. The van der Waals surface area contributed by atoms with Crippen molar-refractivity contribution < 1.29 is 5.11 Å². The Morgan fingerprint density at radius 3 is 2.00 bits per heavy atom. The Bertz CT molecular complexity index is 181. The summed E-state index contributed by atoms with van der Waals surface area (Å²) in [5, 5.41) is 9.13. The van der Waals surface area contributed by atoms with Crippen LogP contribution in [0.1, 0.15) is 20.8 Å². The van der Waals surface area contributed by atoms with Crippen molar-refractivity contribution in [1.29, 1.82) is 0 Å². The van der Waals surface area contributed by atoms with Crippen LogP contribution in [0.4, 0.5) is 0 Å². The lowest BCUT2D eigenvalue weighted by molar-refractivity contribution is 0.425. The Balaban J connectivity index is 4.16. The van der Waals surface area contributed by atoms with Crippen molar-refractivity contribution in [3.8, 4) is 0 Å². The van der Waals surface area contributed by atoms with Crippen molar-refractivity contribution in [3.05, 3.63) is 35.6 Å². The summed E-state index contributed by atoms with van der Waals surface area (Å²) in [6.45, 7) is 9.27. The monoisotopic (exact) mass is 138 g/mol. The minimum atomic E-state index is 0.322. The van der Waals surface area contributed by atoms with Crippen molar-refractivity contribution in [1.82, 2.24) is 0 Å². The average molecular weight is 138 g/mol. The molecule has 0 amide bonds. The fraction of sp³-hybridized carbons (Fsp3) is 0.333. The van der Waals surface area contributed by atoms with Gasteiger partial charge in [0.15, 0.2) is 0 Å². The summed E-state index contributed by atoms with van der Waals surface area (Å²) in [6.07, 6.45) is 3.43. The Hall–Kier alpha value is -0.980. The van der Waals surface area contributed by atoms with Crippen LogP contribution < -0.4 is 0 Å². The Kier molecular flexibility index (Phi) is 3.55. The van der Waals surface area contributed by atoms with Gasteiger partial charge in [-0.2, -0.15) is 0 Å². The summed E-state index contributed by atoms with van der Waals surface area (Å²) in [5.74, 6) is 0.322. The van der Waals surface area contributed by atoms with E-state index >= 15 is 0 Å². The van der Waals surface area contributed by atoms with Gasteiger partial charge in [0, 0.05) is 0 Å². The molecule has 1 nitrogen and oxygen atoms in total. The number of hydrogen-bond donors (Lipinski definition) is 1. The molecule has 0 heterocycles. The summed E-state index contributed by atoms with van der Waals surface area (Å²) in [5.41, 5.74) is 1.85. The Morgan fingerprint density at radius 2 is 1.70 bits per heavy atom. The van der Waals surface area contributed by atoms with Gasteiger partial charge < -0.3 is 5.11 Å². The highest BCUT2D eigenvalue weighted by atomic mass is 16.3. The minimum absolute atomic E-state index is 0.322. The third kappa shape index (κ3) is 3.96. The zero-order valence-electron chi connectivity index (χ0n) is 6.81. The summed E-state index contributed by atoms with van der Waals surface area (Å²) in [6, 6.07) is 0. The molecule has 0 aliphatic carbocycles. The molecular formula is C9H14O. The first-order chi connectivity index (χ1) is 4.54. The van der Waals surface area contributed by atoms with Crippen LogP contribution in [0.2, 0.25) is 0 Å². The van der Waals surface area contributed by atoms with Crippen LogP contribution in [0.15, 0.2) is 35.6 Å². The molecule has 1 heteroatoms. The number of aliphatic hydroxyl groups excluding tert-OH is 1. The van der Waals surface area contributed by atoms with Gasteiger partial charge in [0.05, 0.1) is 0 Å². The maximum Gasteiger partial charge on any atom is 0.114 e. The van der Waals surface area contributed by atoms with Crippen LogP contribution in [0.5, 0.6) is 0 Å². The molecule has 10 heavy (non-hydrogen) atoms. The van der Waals surface area contributed by atoms with Gasteiger partial charge in [-0.25, -0.2) is 0 Å². The summed E-state index contributed by atoms with van der Waals surface area (Å²) < 4.78 is 0. The normalized spacial score (nSPS) is 9.90. The zero-order valence-corrected chi connectivity index (χ0v) is 6.81. The topological polar surface area (TPSA) is 20.2 Å². The number of allylic oxidation sites excluding steroid dienone is 4. The van der Waals surface area contributed by atoms with Crippen LogP contribution in [-0.2, 0) is 0 Å². The molecule has 0 radical (unpaired) electrons.